The highest BCUT2D eigenvalue weighted by Crippen LogP contribution is 2.21. The number of aldehydes is 1. The van der Waals surface area contributed by atoms with Crippen LogP contribution >= 0.6 is 0 Å². The first-order chi connectivity index (χ1) is 9.02. The number of carbonyl (C=O) groups is 3. The van der Waals surface area contributed by atoms with Gasteiger partial charge in [-0.3, -0.25) is 9.59 Å². The van der Waals surface area contributed by atoms with Crippen LogP contribution in [0.15, 0.2) is 0 Å². The van der Waals surface area contributed by atoms with Crippen molar-refractivity contribution in [2.24, 2.45) is 11.3 Å². The van der Waals surface area contributed by atoms with E-state index in [9.17, 15) is 9.59 Å². The monoisotopic (exact) mass is 292 g/mol. The van der Waals surface area contributed by atoms with Crippen molar-refractivity contribution < 1.29 is 29.0 Å². The van der Waals surface area contributed by atoms with Crippen LogP contribution < -0.4 is 0 Å². The second kappa shape index (κ2) is 12.6. The Morgan fingerprint density at radius 2 is 1.45 bits per heavy atom. The fourth-order valence-corrected chi connectivity index (χ4v) is 0.669. The lowest BCUT2D eigenvalue weighted by molar-refractivity contribution is -0.156. The summed E-state index contributed by atoms with van der Waals surface area (Å²) in [7, 11) is 2.70. The third kappa shape index (κ3) is 11.6. The second-order valence-electron chi connectivity index (χ2n) is 4.80. The topological polar surface area (TPSA) is 89.9 Å². The van der Waals surface area contributed by atoms with Crippen molar-refractivity contribution in [2.75, 3.05) is 14.2 Å². The Kier molecular flexibility index (Phi) is 14.9. The van der Waals surface area contributed by atoms with E-state index in [2.05, 4.69) is 9.47 Å². The van der Waals surface area contributed by atoms with Crippen LogP contribution in [0.5, 0.6) is 0 Å². The van der Waals surface area contributed by atoms with E-state index in [4.69, 9.17) is 9.90 Å². The van der Waals surface area contributed by atoms with Gasteiger partial charge >= 0.3 is 11.9 Å². The summed E-state index contributed by atoms with van der Waals surface area (Å²) in [5, 5.41) is 9.08. The molecule has 0 aromatic heterocycles. The molecule has 1 atom stereocenters. The minimum atomic E-state index is -0.797. The smallest absolute Gasteiger partial charge is 0.313 e. The van der Waals surface area contributed by atoms with Gasteiger partial charge in [-0.15, -0.1) is 0 Å². The first kappa shape index (κ1) is 23.6. The van der Waals surface area contributed by atoms with Crippen molar-refractivity contribution in [3.05, 3.63) is 0 Å². The summed E-state index contributed by atoms with van der Waals surface area (Å²) in [5.74, 6) is -0.535. The molecule has 1 N–H and O–H groups in total. The molecular formula is C14H28O6. The highest BCUT2D eigenvalue weighted by Gasteiger charge is 2.33. The zero-order chi connectivity index (χ0) is 16.9. The van der Waals surface area contributed by atoms with Crippen LogP contribution in [-0.4, -0.2) is 43.7 Å². The quantitative estimate of drug-likeness (QED) is 0.627. The third-order valence-electron chi connectivity index (χ3n) is 2.43. The number of ether oxygens (including phenoxy) is 2. The van der Waals surface area contributed by atoms with E-state index in [0.717, 1.165) is 6.29 Å². The third-order valence-corrected chi connectivity index (χ3v) is 2.43. The molecule has 0 saturated heterocycles. The van der Waals surface area contributed by atoms with Gasteiger partial charge in [0.1, 0.15) is 6.29 Å². The molecule has 0 aliphatic heterocycles. The van der Waals surface area contributed by atoms with E-state index >= 15 is 0 Å². The van der Waals surface area contributed by atoms with Crippen LogP contribution in [0.1, 0.15) is 41.5 Å². The molecule has 0 aliphatic rings. The molecule has 0 aromatic rings. The summed E-state index contributed by atoms with van der Waals surface area (Å²) >= 11 is 0. The number of aliphatic hydroxyl groups excluding tert-OH is 1. The number of methoxy groups -OCH3 is 2. The molecule has 6 heteroatoms. The van der Waals surface area contributed by atoms with E-state index in [1.165, 1.54) is 21.1 Å². The molecule has 0 heterocycles. The summed E-state index contributed by atoms with van der Waals surface area (Å²) < 4.78 is 8.85. The zero-order valence-corrected chi connectivity index (χ0v) is 13.7. The standard InChI is InChI=1S/C7H14O3.C5H10O2.C2H4O/c1-5(8)7(2,3)6(9)10-4;1-4(2)5(6)7-3;1-2-3/h5,8H,1-4H3;4H,1-3H3;2H,1H3. The molecule has 0 spiro atoms. The maximum Gasteiger partial charge on any atom is 0.313 e. The van der Waals surface area contributed by atoms with Crippen LogP contribution in [0.2, 0.25) is 0 Å². The SMILES string of the molecule is CC=O.COC(=O)C(C)(C)C(C)O.COC(=O)C(C)C. The minimum absolute atomic E-state index is 0.00463. The van der Waals surface area contributed by atoms with Gasteiger partial charge in [0.25, 0.3) is 0 Å². The van der Waals surface area contributed by atoms with Crippen molar-refractivity contribution in [2.45, 2.75) is 47.6 Å². The number of esters is 2. The molecule has 0 rings (SSSR count). The van der Waals surface area contributed by atoms with Gasteiger partial charge < -0.3 is 19.4 Å². The van der Waals surface area contributed by atoms with E-state index in [-0.39, 0.29) is 17.9 Å². The predicted octanol–water partition coefficient (Wildman–Crippen LogP) is 1.59. The molecule has 0 aromatic carbocycles. The van der Waals surface area contributed by atoms with Gasteiger partial charge in [0.15, 0.2) is 0 Å². The van der Waals surface area contributed by atoms with Crippen molar-refractivity contribution in [3.8, 4) is 0 Å². The second-order valence-corrected chi connectivity index (χ2v) is 4.80. The Bertz CT molecular complexity index is 281. The van der Waals surface area contributed by atoms with Gasteiger partial charge in [0, 0.05) is 0 Å². The summed E-state index contributed by atoms with van der Waals surface area (Å²) in [6.07, 6.45) is 0.0694. The van der Waals surface area contributed by atoms with Gasteiger partial charge in [-0.2, -0.15) is 0 Å². The summed E-state index contributed by atoms with van der Waals surface area (Å²) in [6, 6.07) is 0. The lowest BCUT2D eigenvalue weighted by atomic mass is 9.88. The first-order valence-corrected chi connectivity index (χ1v) is 6.26. The predicted molar refractivity (Wildman–Crippen MR) is 76.1 cm³/mol. The van der Waals surface area contributed by atoms with Crippen molar-refractivity contribution in [3.63, 3.8) is 0 Å². The van der Waals surface area contributed by atoms with Gasteiger partial charge in [0.05, 0.1) is 31.7 Å². The molecule has 0 amide bonds. The van der Waals surface area contributed by atoms with E-state index < -0.39 is 11.5 Å². The van der Waals surface area contributed by atoms with E-state index in [1.54, 1.807) is 34.6 Å². The number of carbonyl (C=O) groups excluding carboxylic acids is 3. The first-order valence-electron chi connectivity index (χ1n) is 6.26. The Labute approximate surface area is 121 Å². The van der Waals surface area contributed by atoms with Crippen LogP contribution in [0, 0.1) is 11.3 Å². The van der Waals surface area contributed by atoms with Crippen molar-refractivity contribution >= 4 is 18.2 Å². The highest BCUT2D eigenvalue weighted by molar-refractivity contribution is 5.76. The van der Waals surface area contributed by atoms with Crippen LogP contribution in [0.4, 0.5) is 0 Å². The molecule has 0 saturated carbocycles. The van der Waals surface area contributed by atoms with Gasteiger partial charge in [-0.05, 0) is 27.7 Å². The number of aliphatic hydroxyl groups is 1. The number of hydrogen-bond donors (Lipinski definition) is 1. The van der Waals surface area contributed by atoms with E-state index in [0.29, 0.717) is 0 Å². The molecule has 0 radical (unpaired) electrons. The molecule has 0 fully saturated rings. The Balaban J connectivity index is -0.000000251. The fraction of sp³-hybridized carbons (Fsp3) is 0.786. The van der Waals surface area contributed by atoms with Crippen molar-refractivity contribution in [1.82, 2.24) is 0 Å². The summed E-state index contributed by atoms with van der Waals surface area (Å²) in [4.78, 5) is 30.0. The average molecular weight is 292 g/mol. The Morgan fingerprint density at radius 1 is 1.10 bits per heavy atom. The summed E-state index contributed by atoms with van der Waals surface area (Å²) in [6.45, 7) is 9.89. The lowest BCUT2D eigenvalue weighted by Gasteiger charge is -2.24. The van der Waals surface area contributed by atoms with Gasteiger partial charge in [0.2, 0.25) is 0 Å². The normalized spacial score (nSPS) is 11.1. The number of hydrogen-bond acceptors (Lipinski definition) is 6. The maximum atomic E-state index is 10.9. The minimum Gasteiger partial charge on any atom is -0.469 e. The highest BCUT2D eigenvalue weighted by atomic mass is 16.5. The van der Waals surface area contributed by atoms with Crippen LogP contribution in [0.3, 0.4) is 0 Å². The van der Waals surface area contributed by atoms with Gasteiger partial charge in [-0.25, -0.2) is 0 Å². The largest absolute Gasteiger partial charge is 0.469 e. The molecule has 6 nitrogen and oxygen atoms in total. The molecule has 1 unspecified atom stereocenters. The average Bonchev–Trinajstić information content (AvgIpc) is 2.37. The lowest BCUT2D eigenvalue weighted by Crippen LogP contribution is -2.36. The Hall–Kier alpha value is -1.43. The van der Waals surface area contributed by atoms with Crippen molar-refractivity contribution in [1.29, 1.82) is 0 Å². The van der Waals surface area contributed by atoms with Crippen LogP contribution in [-0.2, 0) is 23.9 Å². The van der Waals surface area contributed by atoms with Gasteiger partial charge in [-0.1, -0.05) is 13.8 Å². The number of rotatable bonds is 3. The molecular weight excluding hydrogens is 264 g/mol. The van der Waals surface area contributed by atoms with Crippen LogP contribution in [0.25, 0.3) is 0 Å². The fourth-order valence-electron chi connectivity index (χ4n) is 0.669. The van der Waals surface area contributed by atoms with E-state index in [1.807, 2.05) is 0 Å². The molecule has 0 bridgehead atoms. The zero-order valence-electron chi connectivity index (χ0n) is 13.7. The molecule has 0 aliphatic carbocycles. The molecule has 120 valence electrons. The molecule has 20 heavy (non-hydrogen) atoms. The summed E-state index contributed by atoms with van der Waals surface area (Å²) in [5.41, 5.74) is -0.797. The maximum absolute atomic E-state index is 10.9. The Morgan fingerprint density at radius 3 is 1.50 bits per heavy atom.